The Kier molecular flexibility index (Phi) is 6.65. The molecule has 0 aromatic carbocycles. The van der Waals surface area contributed by atoms with Gasteiger partial charge in [0.25, 0.3) is 5.91 Å². The van der Waals surface area contributed by atoms with Crippen LogP contribution in [-0.4, -0.2) is 68.7 Å². The van der Waals surface area contributed by atoms with E-state index in [9.17, 15) is 14.4 Å². The molecule has 31 heavy (non-hydrogen) atoms. The fraction of sp³-hybridized carbons (Fsp3) is 0.333. The zero-order chi connectivity index (χ0) is 22.7. The van der Waals surface area contributed by atoms with Gasteiger partial charge in [-0.25, -0.2) is 15.0 Å². The van der Waals surface area contributed by atoms with Crippen molar-refractivity contribution in [2.24, 2.45) is 0 Å². The van der Waals surface area contributed by atoms with E-state index in [1.165, 1.54) is 32.4 Å². The van der Waals surface area contributed by atoms with Crippen molar-refractivity contribution in [1.82, 2.24) is 30.1 Å². The number of carbonyl (C=O) groups is 3. The first kappa shape index (κ1) is 22.4. The average Bonchev–Trinajstić information content (AvgIpc) is 2.76. The Morgan fingerprint density at radius 1 is 1.19 bits per heavy atom. The van der Waals surface area contributed by atoms with Gasteiger partial charge < -0.3 is 15.1 Å². The number of hydrogen-bond acceptors (Lipinski definition) is 6. The molecule has 0 saturated carbocycles. The van der Waals surface area contributed by atoms with Crippen LogP contribution in [0.5, 0.6) is 0 Å². The van der Waals surface area contributed by atoms with Crippen LogP contribution in [0.4, 0.5) is 0 Å². The van der Waals surface area contributed by atoms with Crippen LogP contribution in [-0.2, 0) is 9.59 Å². The summed E-state index contributed by atoms with van der Waals surface area (Å²) in [7, 11) is 1.51. The minimum atomic E-state index is -0.426. The molecule has 0 bridgehead atoms. The molecule has 1 N–H and O–H groups in total. The molecular weight excluding hydrogens is 420 g/mol. The van der Waals surface area contributed by atoms with Gasteiger partial charge in [0, 0.05) is 33.1 Å². The molecule has 2 atom stereocenters. The van der Waals surface area contributed by atoms with Crippen LogP contribution < -0.4 is 5.32 Å². The number of nitrogens with one attached hydrogen (secondary N) is 1. The fourth-order valence-corrected chi connectivity index (χ4v) is 4.00. The molecule has 0 aliphatic carbocycles. The van der Waals surface area contributed by atoms with Gasteiger partial charge in [-0.2, -0.15) is 0 Å². The lowest BCUT2D eigenvalue weighted by molar-refractivity contribution is -0.143. The van der Waals surface area contributed by atoms with Gasteiger partial charge in [-0.15, -0.1) is 0 Å². The van der Waals surface area contributed by atoms with Gasteiger partial charge in [0.2, 0.25) is 11.8 Å². The molecule has 2 aromatic heterocycles. The minimum absolute atomic E-state index is 0.110. The first-order chi connectivity index (χ1) is 14.7. The number of carbonyl (C=O) groups excluding carboxylic acids is 3. The molecule has 3 heterocycles. The third kappa shape index (κ3) is 4.72. The molecule has 10 heteroatoms. The van der Waals surface area contributed by atoms with Gasteiger partial charge in [-0.05, 0) is 36.8 Å². The molecule has 9 nitrogen and oxygen atoms in total. The van der Waals surface area contributed by atoms with E-state index in [0.29, 0.717) is 30.0 Å². The quantitative estimate of drug-likeness (QED) is 0.572. The van der Waals surface area contributed by atoms with Crippen molar-refractivity contribution >= 4 is 29.3 Å². The third-order valence-electron chi connectivity index (χ3n) is 5.13. The summed E-state index contributed by atoms with van der Waals surface area (Å²) in [5, 5.41) is 2.72. The Morgan fingerprint density at radius 2 is 1.94 bits per heavy atom. The number of piperazine rings is 1. The lowest BCUT2D eigenvalue weighted by Crippen LogP contribution is -2.56. The second kappa shape index (κ2) is 9.22. The summed E-state index contributed by atoms with van der Waals surface area (Å²) < 4.78 is 0. The second-order valence-corrected chi connectivity index (χ2v) is 7.60. The van der Waals surface area contributed by atoms with Crippen molar-refractivity contribution in [3.05, 3.63) is 53.6 Å². The number of rotatable bonds is 4. The summed E-state index contributed by atoms with van der Waals surface area (Å²) in [5.41, 5.74) is 1.74. The summed E-state index contributed by atoms with van der Waals surface area (Å²) >= 11 is 6.30. The van der Waals surface area contributed by atoms with Crippen LogP contribution in [0.2, 0.25) is 5.15 Å². The third-order valence-corrected chi connectivity index (χ3v) is 5.32. The van der Waals surface area contributed by atoms with Gasteiger partial charge in [-0.3, -0.25) is 14.4 Å². The first-order valence-corrected chi connectivity index (χ1v) is 10.0. The average molecular weight is 443 g/mol. The molecule has 1 saturated heterocycles. The maximum atomic E-state index is 12.4. The van der Waals surface area contributed by atoms with Gasteiger partial charge in [0.05, 0.1) is 17.4 Å². The smallest absolute Gasteiger partial charge is 0.269 e. The summed E-state index contributed by atoms with van der Waals surface area (Å²) in [5.74, 6) is -0.665. The highest BCUT2D eigenvalue weighted by Gasteiger charge is 2.36. The minimum Gasteiger partial charge on any atom is -0.354 e. The van der Waals surface area contributed by atoms with Gasteiger partial charge in [0.1, 0.15) is 17.2 Å². The Bertz CT molecular complexity index is 1040. The van der Waals surface area contributed by atoms with Crippen LogP contribution in [0.3, 0.4) is 0 Å². The Balaban J connectivity index is 2.06. The van der Waals surface area contributed by atoms with Gasteiger partial charge in [-0.1, -0.05) is 18.2 Å². The number of hydrogen-bond donors (Lipinski definition) is 1. The van der Waals surface area contributed by atoms with Crippen molar-refractivity contribution in [1.29, 1.82) is 0 Å². The van der Waals surface area contributed by atoms with Crippen molar-refractivity contribution in [2.75, 3.05) is 20.1 Å². The topological polar surface area (TPSA) is 108 Å². The van der Waals surface area contributed by atoms with Crippen LogP contribution in [0.15, 0.2) is 37.2 Å². The summed E-state index contributed by atoms with van der Waals surface area (Å²) in [6, 6.07) is 4.32. The molecule has 1 aliphatic rings. The summed E-state index contributed by atoms with van der Waals surface area (Å²) in [4.78, 5) is 52.5. The molecule has 0 spiro atoms. The van der Waals surface area contributed by atoms with E-state index in [2.05, 4.69) is 26.8 Å². The number of amides is 3. The predicted octanol–water partition coefficient (Wildman–Crippen LogP) is 1.86. The monoisotopic (exact) mass is 442 g/mol. The van der Waals surface area contributed by atoms with E-state index in [-0.39, 0.29) is 34.6 Å². The molecular formula is C21H23ClN6O3. The number of nitrogens with zero attached hydrogens (tertiary/aromatic N) is 5. The number of aromatic nitrogens is 3. The summed E-state index contributed by atoms with van der Waals surface area (Å²) in [6.07, 6.45) is 2.54. The number of pyridine rings is 1. The molecule has 3 rings (SSSR count). The van der Waals surface area contributed by atoms with Crippen molar-refractivity contribution < 1.29 is 14.4 Å². The van der Waals surface area contributed by atoms with Crippen LogP contribution in [0.1, 0.15) is 35.9 Å². The zero-order valence-corrected chi connectivity index (χ0v) is 18.3. The predicted molar refractivity (Wildman–Crippen MR) is 115 cm³/mol. The molecule has 162 valence electrons. The molecule has 2 aromatic rings. The van der Waals surface area contributed by atoms with E-state index in [4.69, 9.17) is 11.6 Å². The largest absolute Gasteiger partial charge is 0.354 e. The van der Waals surface area contributed by atoms with E-state index in [1.54, 1.807) is 21.9 Å². The van der Waals surface area contributed by atoms with E-state index in [1.807, 2.05) is 6.92 Å². The van der Waals surface area contributed by atoms with Crippen LogP contribution in [0.25, 0.3) is 11.4 Å². The van der Waals surface area contributed by atoms with E-state index >= 15 is 0 Å². The van der Waals surface area contributed by atoms with E-state index < -0.39 is 6.04 Å². The SMILES string of the molecule is C=CC(=O)N1C[C@@H](C)N(C(C)=O)[C@H](c2cc(Cl)nc(-c3cc(C(=O)NC)ncn3)c2)C1. The van der Waals surface area contributed by atoms with Crippen molar-refractivity contribution in [2.45, 2.75) is 25.9 Å². The normalized spacial score (nSPS) is 18.5. The second-order valence-electron chi connectivity index (χ2n) is 7.21. The Labute approximate surface area is 185 Å². The van der Waals surface area contributed by atoms with Crippen LogP contribution in [0, 0.1) is 0 Å². The van der Waals surface area contributed by atoms with Gasteiger partial charge in [0.15, 0.2) is 0 Å². The highest BCUT2D eigenvalue weighted by Crippen LogP contribution is 2.32. The van der Waals surface area contributed by atoms with Crippen molar-refractivity contribution in [3.63, 3.8) is 0 Å². The lowest BCUT2D eigenvalue weighted by Gasteiger charge is -2.45. The summed E-state index contributed by atoms with van der Waals surface area (Å²) in [6.45, 7) is 7.65. The molecule has 1 aliphatic heterocycles. The van der Waals surface area contributed by atoms with Crippen molar-refractivity contribution in [3.8, 4) is 11.4 Å². The zero-order valence-electron chi connectivity index (χ0n) is 17.5. The first-order valence-electron chi connectivity index (χ1n) is 9.67. The molecule has 0 unspecified atom stereocenters. The Morgan fingerprint density at radius 3 is 2.58 bits per heavy atom. The molecule has 3 amide bonds. The highest BCUT2D eigenvalue weighted by molar-refractivity contribution is 6.29. The standard InChI is InChI=1S/C21H23ClN6O3/c1-5-20(30)27-9-12(2)28(13(3)29)18(10-27)14-6-16(26-19(22)7-14)15-8-17(21(31)23-4)25-11-24-15/h5-8,11-12,18H,1,9-10H2,2-4H3,(H,23,31)/t12-,18+/m1/s1. The highest BCUT2D eigenvalue weighted by atomic mass is 35.5. The molecule has 1 fully saturated rings. The van der Waals surface area contributed by atoms with Gasteiger partial charge >= 0.3 is 0 Å². The van der Waals surface area contributed by atoms with Crippen LogP contribution >= 0.6 is 11.6 Å². The fourth-order valence-electron chi connectivity index (χ4n) is 3.78. The lowest BCUT2D eigenvalue weighted by atomic mass is 9.98. The maximum Gasteiger partial charge on any atom is 0.269 e. The Hall–Kier alpha value is -3.33. The van der Waals surface area contributed by atoms with E-state index in [0.717, 1.165) is 0 Å². The maximum absolute atomic E-state index is 12.4. The number of halogens is 1. The molecule has 0 radical (unpaired) electrons.